The third-order valence-electron chi connectivity index (χ3n) is 2.24. The van der Waals surface area contributed by atoms with Gasteiger partial charge in [0, 0.05) is 32.8 Å². The average molecular weight is 238 g/mol. The molecule has 1 unspecified atom stereocenters. The van der Waals surface area contributed by atoms with Crippen LogP contribution in [0.3, 0.4) is 0 Å². The Morgan fingerprint density at radius 1 is 1.53 bits per heavy atom. The van der Waals surface area contributed by atoms with Crippen molar-refractivity contribution in [1.82, 2.24) is 10.2 Å². The van der Waals surface area contributed by atoms with Crippen LogP contribution in [-0.4, -0.2) is 58.9 Å². The molecule has 1 saturated heterocycles. The molecule has 1 N–H and O–H groups in total. The first-order chi connectivity index (χ1) is 7.24. The number of rotatable bonds is 6. The Kier molecular flexibility index (Phi) is 6.11. The molecule has 1 rings (SSSR count). The van der Waals surface area contributed by atoms with E-state index in [2.05, 4.69) is 14.4 Å². The SMILES string of the molecule is CCOC1CNCCN1CCO[SH](=O)=O. The fourth-order valence-electron chi connectivity index (χ4n) is 1.57. The van der Waals surface area contributed by atoms with Gasteiger partial charge < -0.3 is 10.1 Å². The molecule has 0 aromatic heterocycles. The molecule has 0 aromatic carbocycles. The molecule has 1 heterocycles. The first-order valence-corrected chi connectivity index (χ1v) is 6.17. The summed E-state index contributed by atoms with van der Waals surface area (Å²) in [6, 6.07) is 0. The van der Waals surface area contributed by atoms with E-state index in [0.717, 1.165) is 19.6 Å². The summed E-state index contributed by atoms with van der Waals surface area (Å²) in [5, 5.41) is 3.22. The number of piperazine rings is 1. The van der Waals surface area contributed by atoms with Crippen LogP contribution in [0.5, 0.6) is 0 Å². The van der Waals surface area contributed by atoms with Crippen LogP contribution in [0, 0.1) is 0 Å². The van der Waals surface area contributed by atoms with Crippen LogP contribution in [0.25, 0.3) is 0 Å². The van der Waals surface area contributed by atoms with Crippen molar-refractivity contribution in [3.8, 4) is 0 Å². The number of hydrogen-bond donors (Lipinski definition) is 2. The molecule has 0 saturated carbocycles. The third-order valence-corrected chi connectivity index (χ3v) is 2.63. The maximum absolute atomic E-state index is 10.2. The largest absolute Gasteiger partial charge is 0.362 e. The summed E-state index contributed by atoms with van der Waals surface area (Å²) in [5.41, 5.74) is 0. The van der Waals surface area contributed by atoms with Crippen LogP contribution >= 0.6 is 0 Å². The lowest BCUT2D eigenvalue weighted by atomic mass is 10.3. The molecule has 0 aliphatic carbocycles. The molecule has 0 bridgehead atoms. The normalized spacial score (nSPS) is 23.5. The van der Waals surface area contributed by atoms with Gasteiger partial charge in [-0.25, -0.2) is 8.42 Å². The van der Waals surface area contributed by atoms with Crippen molar-refractivity contribution < 1.29 is 17.3 Å². The van der Waals surface area contributed by atoms with E-state index in [0.29, 0.717) is 13.2 Å². The predicted molar refractivity (Wildman–Crippen MR) is 56.1 cm³/mol. The molecule has 1 atom stereocenters. The number of nitrogens with zero attached hydrogens (tertiary/aromatic N) is 1. The van der Waals surface area contributed by atoms with Gasteiger partial charge in [-0.3, -0.25) is 9.08 Å². The Hall–Kier alpha value is -0.210. The highest BCUT2D eigenvalue weighted by atomic mass is 32.2. The second-order valence-electron chi connectivity index (χ2n) is 3.21. The maximum atomic E-state index is 10.2. The number of ether oxygens (including phenoxy) is 1. The van der Waals surface area contributed by atoms with Gasteiger partial charge in [-0.2, -0.15) is 0 Å². The minimum atomic E-state index is -2.73. The van der Waals surface area contributed by atoms with Crippen LogP contribution in [0.1, 0.15) is 6.92 Å². The minimum Gasteiger partial charge on any atom is -0.362 e. The average Bonchev–Trinajstić information content (AvgIpc) is 2.20. The van der Waals surface area contributed by atoms with Crippen molar-refractivity contribution in [2.24, 2.45) is 0 Å². The Bertz CT molecular complexity index is 237. The Morgan fingerprint density at radius 3 is 3.00 bits per heavy atom. The first kappa shape index (κ1) is 12.9. The first-order valence-electron chi connectivity index (χ1n) is 5.07. The smallest absolute Gasteiger partial charge is 0.257 e. The van der Waals surface area contributed by atoms with Crippen molar-refractivity contribution in [2.45, 2.75) is 13.2 Å². The summed E-state index contributed by atoms with van der Waals surface area (Å²) < 4.78 is 30.4. The van der Waals surface area contributed by atoms with Gasteiger partial charge in [0.05, 0.1) is 6.61 Å². The van der Waals surface area contributed by atoms with Gasteiger partial charge in [-0.1, -0.05) is 0 Å². The highest BCUT2D eigenvalue weighted by Crippen LogP contribution is 2.04. The highest BCUT2D eigenvalue weighted by Gasteiger charge is 2.21. The zero-order chi connectivity index (χ0) is 11.1. The molecule has 0 aromatic rings. The van der Waals surface area contributed by atoms with E-state index in [9.17, 15) is 8.42 Å². The van der Waals surface area contributed by atoms with Crippen LogP contribution in [-0.2, 0) is 19.9 Å². The summed E-state index contributed by atoms with van der Waals surface area (Å²) in [6.45, 7) is 5.89. The molecule has 0 amide bonds. The Morgan fingerprint density at radius 2 is 2.33 bits per heavy atom. The van der Waals surface area contributed by atoms with Gasteiger partial charge in [-0.15, -0.1) is 0 Å². The summed E-state index contributed by atoms with van der Waals surface area (Å²) in [7, 11) is -2.73. The lowest BCUT2D eigenvalue weighted by Crippen LogP contribution is -2.53. The van der Waals surface area contributed by atoms with Crippen LogP contribution in [0.2, 0.25) is 0 Å². The summed E-state index contributed by atoms with van der Waals surface area (Å²) in [6.07, 6.45) is 0.0249. The topological polar surface area (TPSA) is 67.9 Å². The number of hydrogen-bond acceptors (Lipinski definition) is 6. The molecule has 1 aliphatic heterocycles. The van der Waals surface area contributed by atoms with E-state index in [1.165, 1.54) is 0 Å². The van der Waals surface area contributed by atoms with E-state index < -0.39 is 11.0 Å². The standard InChI is InChI=1S/C8H18N2O4S/c1-2-13-8-7-9-3-4-10(8)5-6-14-15(11)12/h8-9,15H,2-7H2,1H3. The fraction of sp³-hybridized carbons (Fsp3) is 1.00. The molecule has 7 heteroatoms. The van der Waals surface area contributed by atoms with Crippen molar-refractivity contribution >= 4 is 11.0 Å². The van der Waals surface area contributed by atoms with Crippen molar-refractivity contribution in [1.29, 1.82) is 0 Å². The number of nitrogens with one attached hydrogen (secondary N) is 1. The molecule has 0 radical (unpaired) electrons. The second kappa shape index (κ2) is 7.13. The van der Waals surface area contributed by atoms with Gasteiger partial charge in [0.25, 0.3) is 11.0 Å². The zero-order valence-corrected chi connectivity index (χ0v) is 9.74. The van der Waals surface area contributed by atoms with Crippen LogP contribution < -0.4 is 5.32 Å². The van der Waals surface area contributed by atoms with E-state index in [1.54, 1.807) is 0 Å². The van der Waals surface area contributed by atoms with Gasteiger partial charge in [-0.05, 0) is 6.92 Å². The summed E-state index contributed by atoms with van der Waals surface area (Å²) >= 11 is 0. The van der Waals surface area contributed by atoms with E-state index in [1.807, 2.05) is 6.92 Å². The molecule has 15 heavy (non-hydrogen) atoms. The quantitative estimate of drug-likeness (QED) is 0.566. The monoisotopic (exact) mass is 238 g/mol. The van der Waals surface area contributed by atoms with Crippen LogP contribution in [0.15, 0.2) is 0 Å². The molecule has 90 valence electrons. The van der Waals surface area contributed by atoms with Crippen molar-refractivity contribution in [2.75, 3.05) is 39.4 Å². The molecule has 6 nitrogen and oxygen atoms in total. The van der Waals surface area contributed by atoms with E-state index >= 15 is 0 Å². The third kappa shape index (κ3) is 4.89. The molecule has 1 fully saturated rings. The Labute approximate surface area is 91.7 Å². The van der Waals surface area contributed by atoms with Crippen molar-refractivity contribution in [3.63, 3.8) is 0 Å². The molecular formula is C8H18N2O4S. The predicted octanol–water partition coefficient (Wildman–Crippen LogP) is -1.20. The van der Waals surface area contributed by atoms with Gasteiger partial charge >= 0.3 is 0 Å². The molecule has 1 aliphatic rings. The zero-order valence-electron chi connectivity index (χ0n) is 8.85. The van der Waals surface area contributed by atoms with Gasteiger partial charge in [0.15, 0.2) is 0 Å². The highest BCUT2D eigenvalue weighted by molar-refractivity contribution is 7.67. The molecular weight excluding hydrogens is 220 g/mol. The minimum absolute atomic E-state index is 0.0249. The van der Waals surface area contributed by atoms with Crippen LogP contribution in [0.4, 0.5) is 0 Å². The Balaban J connectivity index is 2.28. The molecule has 0 spiro atoms. The summed E-state index contributed by atoms with van der Waals surface area (Å²) in [4.78, 5) is 2.08. The number of thiol groups is 1. The van der Waals surface area contributed by atoms with Crippen molar-refractivity contribution in [3.05, 3.63) is 0 Å². The second-order valence-corrected chi connectivity index (χ2v) is 3.91. The fourth-order valence-corrected chi connectivity index (χ4v) is 1.80. The summed E-state index contributed by atoms with van der Waals surface area (Å²) in [5.74, 6) is 0. The van der Waals surface area contributed by atoms with E-state index in [4.69, 9.17) is 4.74 Å². The maximum Gasteiger partial charge on any atom is 0.257 e. The van der Waals surface area contributed by atoms with Gasteiger partial charge in [0.2, 0.25) is 0 Å². The lowest BCUT2D eigenvalue weighted by Gasteiger charge is -2.35. The van der Waals surface area contributed by atoms with Gasteiger partial charge in [0.1, 0.15) is 6.23 Å². The van der Waals surface area contributed by atoms with E-state index in [-0.39, 0.29) is 12.8 Å². The lowest BCUT2D eigenvalue weighted by molar-refractivity contribution is -0.0690.